The smallest absolute Gasteiger partial charge is 0.410 e. The monoisotopic (exact) mass is 312 g/mol. The van der Waals surface area contributed by atoms with Gasteiger partial charge in [0, 0.05) is 31.7 Å². The fourth-order valence-electron chi connectivity index (χ4n) is 1.66. The number of hydrogen-bond donors (Lipinski definition) is 1. The second-order valence-corrected chi connectivity index (χ2v) is 6.57. The van der Waals surface area contributed by atoms with Gasteiger partial charge in [-0.05, 0) is 44.9 Å². The Hall–Kier alpha value is -1.26. The molecule has 5 heteroatoms. The number of carbonyl (C=O) groups is 1. The van der Waals surface area contributed by atoms with Crippen molar-refractivity contribution in [3.05, 3.63) is 34.3 Å². The standard InChI is InChI=1S/C16H25ClN2O2/c1-12-6-7-13(10-14(12)17)11-18-8-9-19(5)15(20)21-16(2,3)4/h6-7,10,18H,8-9,11H2,1-5H3. The maximum atomic E-state index is 11.8. The van der Waals surface area contributed by atoms with Gasteiger partial charge in [-0.3, -0.25) is 0 Å². The first kappa shape index (κ1) is 17.8. The van der Waals surface area contributed by atoms with Crippen LogP contribution in [0.1, 0.15) is 31.9 Å². The molecule has 1 amide bonds. The fraction of sp³-hybridized carbons (Fsp3) is 0.562. The maximum Gasteiger partial charge on any atom is 0.410 e. The van der Waals surface area contributed by atoms with Gasteiger partial charge in [-0.25, -0.2) is 4.79 Å². The fourth-order valence-corrected chi connectivity index (χ4v) is 1.86. The second-order valence-electron chi connectivity index (χ2n) is 6.16. The number of ether oxygens (including phenoxy) is 1. The second kappa shape index (κ2) is 7.66. The molecule has 21 heavy (non-hydrogen) atoms. The van der Waals surface area contributed by atoms with Crippen LogP contribution in [0, 0.1) is 6.92 Å². The van der Waals surface area contributed by atoms with Crippen molar-refractivity contribution in [1.82, 2.24) is 10.2 Å². The van der Waals surface area contributed by atoms with Crippen molar-refractivity contribution < 1.29 is 9.53 Å². The molecule has 0 bridgehead atoms. The highest BCUT2D eigenvalue weighted by Gasteiger charge is 2.18. The summed E-state index contributed by atoms with van der Waals surface area (Å²) in [5.41, 5.74) is 1.74. The van der Waals surface area contributed by atoms with E-state index < -0.39 is 5.60 Å². The molecule has 0 aliphatic heterocycles. The predicted octanol–water partition coefficient (Wildman–Crippen LogP) is 3.60. The Kier molecular flexibility index (Phi) is 6.49. The lowest BCUT2D eigenvalue weighted by Crippen LogP contribution is -2.37. The number of aryl methyl sites for hydroxylation is 1. The summed E-state index contributed by atoms with van der Waals surface area (Å²) in [7, 11) is 1.73. The van der Waals surface area contributed by atoms with Gasteiger partial charge in [0.2, 0.25) is 0 Å². The van der Waals surface area contributed by atoms with E-state index in [1.807, 2.05) is 45.9 Å². The Balaban J connectivity index is 2.30. The Labute approximate surface area is 132 Å². The van der Waals surface area contributed by atoms with Gasteiger partial charge in [0.15, 0.2) is 0 Å². The molecule has 0 radical (unpaired) electrons. The van der Waals surface area contributed by atoms with Crippen molar-refractivity contribution in [2.24, 2.45) is 0 Å². The van der Waals surface area contributed by atoms with Crippen LogP contribution in [-0.4, -0.2) is 36.7 Å². The van der Waals surface area contributed by atoms with E-state index in [1.165, 1.54) is 0 Å². The molecule has 0 saturated heterocycles. The molecular weight excluding hydrogens is 288 g/mol. The van der Waals surface area contributed by atoms with Crippen LogP contribution in [0.4, 0.5) is 4.79 Å². The first-order valence-electron chi connectivity index (χ1n) is 7.09. The zero-order valence-electron chi connectivity index (χ0n) is 13.5. The summed E-state index contributed by atoms with van der Waals surface area (Å²) < 4.78 is 5.29. The molecule has 0 aliphatic carbocycles. The van der Waals surface area contributed by atoms with Gasteiger partial charge in [0.25, 0.3) is 0 Å². The van der Waals surface area contributed by atoms with Gasteiger partial charge in [0.1, 0.15) is 5.60 Å². The topological polar surface area (TPSA) is 41.6 Å². The third kappa shape index (κ3) is 6.82. The lowest BCUT2D eigenvalue weighted by molar-refractivity contribution is 0.0300. The number of hydrogen-bond acceptors (Lipinski definition) is 3. The normalized spacial score (nSPS) is 11.3. The van der Waals surface area contributed by atoms with E-state index in [4.69, 9.17) is 16.3 Å². The van der Waals surface area contributed by atoms with Gasteiger partial charge in [-0.2, -0.15) is 0 Å². The van der Waals surface area contributed by atoms with Crippen LogP contribution in [0.3, 0.4) is 0 Å². The van der Waals surface area contributed by atoms with Gasteiger partial charge >= 0.3 is 6.09 Å². The molecule has 0 unspecified atom stereocenters. The number of nitrogens with one attached hydrogen (secondary N) is 1. The molecule has 4 nitrogen and oxygen atoms in total. The minimum atomic E-state index is -0.461. The van der Waals surface area contributed by atoms with Crippen molar-refractivity contribution in [1.29, 1.82) is 0 Å². The van der Waals surface area contributed by atoms with Gasteiger partial charge < -0.3 is 15.0 Å². The van der Waals surface area contributed by atoms with Crippen LogP contribution < -0.4 is 5.32 Å². The molecule has 1 aromatic rings. The lowest BCUT2D eigenvalue weighted by atomic mass is 10.1. The number of likely N-dealkylation sites (N-methyl/N-ethyl adjacent to an activating group) is 1. The molecule has 0 aliphatic rings. The summed E-state index contributed by atoms with van der Waals surface area (Å²) in [5, 5.41) is 4.07. The number of carbonyl (C=O) groups excluding carboxylic acids is 1. The SMILES string of the molecule is Cc1ccc(CNCCN(C)C(=O)OC(C)(C)C)cc1Cl. The summed E-state index contributed by atoms with van der Waals surface area (Å²) in [6.07, 6.45) is -0.303. The summed E-state index contributed by atoms with van der Waals surface area (Å²) in [4.78, 5) is 13.3. The first-order chi connectivity index (χ1) is 9.69. The molecule has 0 atom stereocenters. The quantitative estimate of drug-likeness (QED) is 0.845. The number of benzene rings is 1. The van der Waals surface area contributed by atoms with E-state index in [0.29, 0.717) is 13.1 Å². The summed E-state index contributed by atoms with van der Waals surface area (Å²) in [6.45, 7) is 9.57. The molecule has 0 aromatic heterocycles. The van der Waals surface area contributed by atoms with Crippen molar-refractivity contribution in [2.45, 2.75) is 39.8 Å². The third-order valence-corrected chi connectivity index (χ3v) is 3.30. The molecule has 1 rings (SSSR count). The average Bonchev–Trinajstić information content (AvgIpc) is 2.36. The van der Waals surface area contributed by atoms with Crippen LogP contribution >= 0.6 is 11.6 Å². The van der Waals surface area contributed by atoms with E-state index in [0.717, 1.165) is 22.7 Å². The predicted molar refractivity (Wildman–Crippen MR) is 86.8 cm³/mol. The van der Waals surface area contributed by atoms with Crippen LogP contribution in [0.5, 0.6) is 0 Å². The lowest BCUT2D eigenvalue weighted by Gasteiger charge is -2.24. The highest BCUT2D eigenvalue weighted by Crippen LogP contribution is 2.16. The number of rotatable bonds is 5. The minimum Gasteiger partial charge on any atom is -0.444 e. The van der Waals surface area contributed by atoms with E-state index in [-0.39, 0.29) is 6.09 Å². The number of amides is 1. The Morgan fingerprint density at radius 3 is 2.62 bits per heavy atom. The van der Waals surface area contributed by atoms with Crippen LogP contribution in [-0.2, 0) is 11.3 Å². The Bertz CT molecular complexity index is 484. The highest BCUT2D eigenvalue weighted by atomic mass is 35.5. The largest absolute Gasteiger partial charge is 0.444 e. The molecule has 118 valence electrons. The van der Waals surface area contributed by atoms with Crippen molar-refractivity contribution in [2.75, 3.05) is 20.1 Å². The maximum absolute atomic E-state index is 11.8. The van der Waals surface area contributed by atoms with Gasteiger partial charge in [0.05, 0.1) is 0 Å². The number of halogens is 1. The average molecular weight is 313 g/mol. The van der Waals surface area contributed by atoms with Crippen molar-refractivity contribution >= 4 is 17.7 Å². The first-order valence-corrected chi connectivity index (χ1v) is 7.47. The summed E-state index contributed by atoms with van der Waals surface area (Å²) in [6, 6.07) is 6.01. The van der Waals surface area contributed by atoms with Crippen LogP contribution in [0.15, 0.2) is 18.2 Å². The van der Waals surface area contributed by atoms with Gasteiger partial charge in [-0.1, -0.05) is 23.7 Å². The molecule has 0 heterocycles. The van der Waals surface area contributed by atoms with Crippen LogP contribution in [0.2, 0.25) is 5.02 Å². The third-order valence-electron chi connectivity index (χ3n) is 2.89. The Morgan fingerprint density at radius 1 is 1.38 bits per heavy atom. The van der Waals surface area contributed by atoms with Crippen LogP contribution in [0.25, 0.3) is 0 Å². The zero-order valence-corrected chi connectivity index (χ0v) is 14.3. The van der Waals surface area contributed by atoms with E-state index in [2.05, 4.69) is 5.32 Å². The van der Waals surface area contributed by atoms with E-state index in [9.17, 15) is 4.79 Å². The van der Waals surface area contributed by atoms with Gasteiger partial charge in [-0.15, -0.1) is 0 Å². The summed E-state index contributed by atoms with van der Waals surface area (Å²) >= 11 is 6.08. The zero-order chi connectivity index (χ0) is 16.0. The minimum absolute atomic E-state index is 0.303. The molecule has 0 saturated carbocycles. The molecule has 0 fully saturated rings. The molecule has 1 aromatic carbocycles. The number of nitrogens with zero attached hydrogens (tertiary/aromatic N) is 1. The molecular formula is C16H25ClN2O2. The van der Waals surface area contributed by atoms with E-state index in [1.54, 1.807) is 11.9 Å². The molecule has 0 spiro atoms. The van der Waals surface area contributed by atoms with E-state index >= 15 is 0 Å². The van der Waals surface area contributed by atoms with Crippen molar-refractivity contribution in [3.8, 4) is 0 Å². The highest BCUT2D eigenvalue weighted by molar-refractivity contribution is 6.31. The van der Waals surface area contributed by atoms with Crippen molar-refractivity contribution in [3.63, 3.8) is 0 Å². The summed E-state index contributed by atoms with van der Waals surface area (Å²) in [5.74, 6) is 0. The Morgan fingerprint density at radius 2 is 2.05 bits per heavy atom. The molecule has 1 N–H and O–H groups in total.